The number of carbonyl (C=O) groups is 3. The second kappa shape index (κ2) is 6.43. The summed E-state index contributed by atoms with van der Waals surface area (Å²) in [4.78, 5) is 35.9. The first kappa shape index (κ1) is 15.8. The van der Waals surface area contributed by atoms with E-state index in [0.29, 0.717) is 13.0 Å². The highest BCUT2D eigenvalue weighted by Crippen LogP contribution is 2.33. The molecular formula is C14H21NO6. The molecule has 0 spiro atoms. The van der Waals surface area contributed by atoms with Crippen LogP contribution in [0.1, 0.15) is 33.6 Å². The van der Waals surface area contributed by atoms with Gasteiger partial charge in [0, 0.05) is 27.3 Å². The van der Waals surface area contributed by atoms with Gasteiger partial charge in [0.25, 0.3) is 0 Å². The molecule has 0 radical (unpaired) electrons. The summed E-state index contributed by atoms with van der Waals surface area (Å²) in [6.07, 6.45) is 0.129. The fourth-order valence-electron chi connectivity index (χ4n) is 3.23. The van der Waals surface area contributed by atoms with Crippen LogP contribution < -0.4 is 0 Å². The van der Waals surface area contributed by atoms with Crippen molar-refractivity contribution in [3.05, 3.63) is 0 Å². The molecule has 0 aromatic carbocycles. The molecule has 7 heteroatoms. The lowest BCUT2D eigenvalue weighted by atomic mass is 9.96. The first-order valence-electron chi connectivity index (χ1n) is 7.14. The highest BCUT2D eigenvalue weighted by Gasteiger charge is 2.51. The van der Waals surface area contributed by atoms with Gasteiger partial charge in [-0.1, -0.05) is 0 Å². The Hall–Kier alpha value is -1.63. The van der Waals surface area contributed by atoms with E-state index in [9.17, 15) is 14.4 Å². The largest absolute Gasteiger partial charge is 0.461 e. The van der Waals surface area contributed by atoms with Gasteiger partial charge in [0.15, 0.2) is 12.2 Å². The normalized spacial score (nSPS) is 32.1. The third kappa shape index (κ3) is 3.72. The minimum atomic E-state index is -0.601. The van der Waals surface area contributed by atoms with Gasteiger partial charge in [0.05, 0.1) is 6.04 Å². The quantitative estimate of drug-likeness (QED) is 0.546. The first-order valence-corrected chi connectivity index (χ1v) is 7.14. The molecule has 21 heavy (non-hydrogen) atoms. The number of rotatable bonds is 3. The Kier molecular flexibility index (Phi) is 4.82. The molecule has 0 aromatic rings. The predicted molar refractivity (Wildman–Crippen MR) is 71.3 cm³/mol. The highest BCUT2D eigenvalue weighted by molar-refractivity contribution is 5.68. The molecule has 0 bridgehead atoms. The van der Waals surface area contributed by atoms with E-state index < -0.39 is 24.1 Å². The summed E-state index contributed by atoms with van der Waals surface area (Å²) in [7, 11) is 0. The Morgan fingerprint density at radius 2 is 1.48 bits per heavy atom. The van der Waals surface area contributed by atoms with Crippen LogP contribution >= 0.6 is 0 Å². The maximum Gasteiger partial charge on any atom is 0.303 e. The van der Waals surface area contributed by atoms with Crippen molar-refractivity contribution in [1.29, 1.82) is 0 Å². The fraction of sp³-hybridized carbons (Fsp3) is 0.786. The minimum Gasteiger partial charge on any atom is -0.461 e. The molecule has 0 aromatic heterocycles. The van der Waals surface area contributed by atoms with Crippen LogP contribution in [0.3, 0.4) is 0 Å². The molecule has 7 nitrogen and oxygen atoms in total. The third-order valence-electron chi connectivity index (χ3n) is 3.79. The number of hydrogen-bond donors (Lipinski definition) is 0. The second-order valence-electron chi connectivity index (χ2n) is 5.50. The summed E-state index contributed by atoms with van der Waals surface area (Å²) < 4.78 is 16.0. The topological polar surface area (TPSA) is 82.1 Å². The summed E-state index contributed by atoms with van der Waals surface area (Å²) in [5.41, 5.74) is 0. The predicted octanol–water partition coefficient (Wildman–Crippen LogP) is 0.259. The summed E-state index contributed by atoms with van der Waals surface area (Å²) in [5.74, 6) is -1.22. The molecule has 4 atom stereocenters. The summed E-state index contributed by atoms with van der Waals surface area (Å²) in [6.45, 7) is 5.29. The van der Waals surface area contributed by atoms with Crippen molar-refractivity contribution >= 4 is 17.9 Å². The van der Waals surface area contributed by atoms with Crippen LogP contribution in [0.15, 0.2) is 0 Å². The number of piperidine rings is 1. The number of nitrogens with zero attached hydrogens (tertiary/aromatic N) is 1. The van der Waals surface area contributed by atoms with Crippen molar-refractivity contribution in [3.8, 4) is 0 Å². The summed E-state index contributed by atoms with van der Waals surface area (Å²) >= 11 is 0. The van der Waals surface area contributed by atoms with Crippen molar-refractivity contribution < 1.29 is 28.6 Å². The Balaban J connectivity index is 2.20. The van der Waals surface area contributed by atoms with Gasteiger partial charge in [-0.3, -0.25) is 19.3 Å². The van der Waals surface area contributed by atoms with Gasteiger partial charge in [0.1, 0.15) is 6.10 Å². The Labute approximate surface area is 123 Å². The number of hydrogen-bond acceptors (Lipinski definition) is 7. The lowest BCUT2D eigenvalue weighted by Gasteiger charge is -2.37. The van der Waals surface area contributed by atoms with Gasteiger partial charge in [-0.15, -0.1) is 0 Å². The van der Waals surface area contributed by atoms with Gasteiger partial charge in [-0.05, 0) is 19.4 Å². The van der Waals surface area contributed by atoms with Crippen LogP contribution in [0.25, 0.3) is 0 Å². The van der Waals surface area contributed by atoms with Gasteiger partial charge in [-0.25, -0.2) is 0 Å². The van der Waals surface area contributed by atoms with E-state index in [4.69, 9.17) is 14.2 Å². The number of carbonyl (C=O) groups excluding carboxylic acids is 3. The molecule has 0 unspecified atom stereocenters. The first-order chi connectivity index (χ1) is 9.88. The molecular weight excluding hydrogens is 278 g/mol. The lowest BCUT2D eigenvalue weighted by molar-refractivity contribution is -0.169. The second-order valence-corrected chi connectivity index (χ2v) is 5.50. The van der Waals surface area contributed by atoms with Crippen molar-refractivity contribution in [2.75, 3.05) is 13.1 Å². The van der Waals surface area contributed by atoms with Crippen LogP contribution in [-0.4, -0.2) is 60.3 Å². The van der Waals surface area contributed by atoms with Gasteiger partial charge < -0.3 is 14.2 Å². The zero-order valence-electron chi connectivity index (χ0n) is 12.5. The van der Waals surface area contributed by atoms with Gasteiger partial charge in [0.2, 0.25) is 0 Å². The van der Waals surface area contributed by atoms with Crippen LogP contribution in [-0.2, 0) is 28.6 Å². The average molecular weight is 299 g/mol. The van der Waals surface area contributed by atoms with Crippen LogP contribution in [0.2, 0.25) is 0 Å². The number of ether oxygens (including phenoxy) is 3. The Morgan fingerprint density at radius 3 is 2.05 bits per heavy atom. The van der Waals surface area contributed by atoms with Gasteiger partial charge >= 0.3 is 17.9 Å². The van der Waals surface area contributed by atoms with Crippen molar-refractivity contribution in [2.24, 2.45) is 0 Å². The molecule has 0 saturated carbocycles. The molecule has 2 fully saturated rings. The van der Waals surface area contributed by atoms with Crippen molar-refractivity contribution in [3.63, 3.8) is 0 Å². The van der Waals surface area contributed by atoms with E-state index >= 15 is 0 Å². The molecule has 2 saturated heterocycles. The zero-order chi connectivity index (χ0) is 15.6. The van der Waals surface area contributed by atoms with E-state index in [1.165, 1.54) is 20.8 Å². The minimum absolute atomic E-state index is 0.254. The summed E-state index contributed by atoms with van der Waals surface area (Å²) in [5, 5.41) is 0. The van der Waals surface area contributed by atoms with Crippen molar-refractivity contribution in [1.82, 2.24) is 4.90 Å². The SMILES string of the molecule is CC(=O)O[C@@H]1[C@H]2[C@H](OC(C)=O)CCCN2C[C@@H]1OC(C)=O. The molecule has 2 aliphatic rings. The summed E-state index contributed by atoms with van der Waals surface area (Å²) in [6, 6.07) is -0.254. The lowest BCUT2D eigenvalue weighted by Crippen LogP contribution is -2.51. The molecule has 118 valence electrons. The number of esters is 3. The monoisotopic (exact) mass is 299 g/mol. The molecule has 2 heterocycles. The Bertz CT molecular complexity index is 437. The van der Waals surface area contributed by atoms with E-state index in [1.54, 1.807) is 0 Å². The highest BCUT2D eigenvalue weighted by atomic mass is 16.6. The smallest absolute Gasteiger partial charge is 0.303 e. The van der Waals surface area contributed by atoms with Crippen LogP contribution in [0, 0.1) is 0 Å². The van der Waals surface area contributed by atoms with Crippen LogP contribution in [0.4, 0.5) is 0 Å². The van der Waals surface area contributed by atoms with Crippen LogP contribution in [0.5, 0.6) is 0 Å². The maximum atomic E-state index is 11.3. The zero-order valence-corrected chi connectivity index (χ0v) is 12.5. The maximum absolute atomic E-state index is 11.3. The Morgan fingerprint density at radius 1 is 0.905 bits per heavy atom. The molecule has 2 rings (SSSR count). The molecule has 0 aliphatic carbocycles. The molecule has 0 amide bonds. The fourth-order valence-corrected chi connectivity index (χ4v) is 3.23. The van der Waals surface area contributed by atoms with Crippen molar-refractivity contribution in [2.45, 2.75) is 58.0 Å². The van der Waals surface area contributed by atoms with Gasteiger partial charge in [-0.2, -0.15) is 0 Å². The standard InChI is InChI=1S/C14H21NO6/c1-8(16)19-11-5-4-6-15-7-12(20-9(2)17)14(13(11)15)21-10(3)18/h11-14H,4-7H2,1-3H3/t11-,12+,13-,14+/m1/s1. The molecule has 0 N–H and O–H groups in total. The van der Waals surface area contributed by atoms with E-state index in [-0.39, 0.29) is 18.1 Å². The molecule has 2 aliphatic heterocycles. The van der Waals surface area contributed by atoms with E-state index in [0.717, 1.165) is 13.0 Å². The third-order valence-corrected chi connectivity index (χ3v) is 3.79. The number of fused-ring (bicyclic) bond motifs is 1. The average Bonchev–Trinajstić information content (AvgIpc) is 2.66. The van der Waals surface area contributed by atoms with E-state index in [2.05, 4.69) is 4.90 Å². The van der Waals surface area contributed by atoms with E-state index in [1.807, 2.05) is 0 Å².